The van der Waals surface area contributed by atoms with Crippen molar-refractivity contribution in [3.05, 3.63) is 71.8 Å². The van der Waals surface area contributed by atoms with Crippen molar-refractivity contribution in [2.45, 2.75) is 50.8 Å². The second-order valence-corrected chi connectivity index (χ2v) is 7.54. The first kappa shape index (κ1) is 17.4. The standard InChI is InChI=1S/C21H25NOSe/c23-21(14-8-3-9-15-21)20(24)22(16-18-10-4-1-5-11-18)17-19-12-6-2-7-13-19/h1-2,4-7,10-13,23H,3,8-9,14-17H2. The van der Waals surface area contributed by atoms with E-state index in [0.717, 1.165) is 43.3 Å². The Morgan fingerprint density at radius 2 is 1.29 bits per heavy atom. The molecule has 2 nitrogen and oxygen atoms in total. The molecule has 0 radical (unpaired) electrons. The topological polar surface area (TPSA) is 23.5 Å². The van der Waals surface area contributed by atoms with Gasteiger partial charge in [-0.1, -0.05) is 0 Å². The van der Waals surface area contributed by atoms with E-state index in [1.165, 1.54) is 17.5 Å². The summed E-state index contributed by atoms with van der Waals surface area (Å²) in [6.07, 6.45) is 5.15. The first-order chi connectivity index (χ1) is 11.7. The van der Waals surface area contributed by atoms with E-state index in [1.54, 1.807) is 0 Å². The predicted molar refractivity (Wildman–Crippen MR) is 101 cm³/mol. The van der Waals surface area contributed by atoms with Gasteiger partial charge in [0.25, 0.3) is 0 Å². The van der Waals surface area contributed by atoms with Crippen molar-refractivity contribution in [3.63, 3.8) is 0 Å². The van der Waals surface area contributed by atoms with E-state index in [2.05, 4.69) is 69.0 Å². The molecule has 0 saturated heterocycles. The average molecular weight is 386 g/mol. The summed E-state index contributed by atoms with van der Waals surface area (Å²) in [7, 11) is 0. The Morgan fingerprint density at radius 3 is 1.75 bits per heavy atom. The summed E-state index contributed by atoms with van der Waals surface area (Å²) in [6.45, 7) is 1.61. The second-order valence-electron chi connectivity index (χ2n) is 6.72. The Bertz CT molecular complexity index is 609. The van der Waals surface area contributed by atoms with Gasteiger partial charge in [-0.3, -0.25) is 0 Å². The first-order valence-corrected chi connectivity index (χ1v) is 9.63. The second kappa shape index (κ2) is 8.11. The molecule has 126 valence electrons. The molecule has 1 saturated carbocycles. The molecule has 2 aromatic rings. The zero-order chi connectivity index (χ0) is 16.8. The molecule has 0 heterocycles. The van der Waals surface area contributed by atoms with Crippen LogP contribution in [0.15, 0.2) is 60.7 Å². The zero-order valence-electron chi connectivity index (χ0n) is 14.0. The molecule has 1 fully saturated rings. The van der Waals surface area contributed by atoms with Crippen molar-refractivity contribution in [3.8, 4) is 0 Å². The molecule has 2 aromatic carbocycles. The molecule has 0 spiro atoms. The van der Waals surface area contributed by atoms with Gasteiger partial charge in [0.15, 0.2) is 0 Å². The molecule has 24 heavy (non-hydrogen) atoms. The summed E-state index contributed by atoms with van der Waals surface area (Å²) >= 11 is 3.22. The molecule has 0 aliphatic heterocycles. The Labute approximate surface area is 152 Å². The van der Waals surface area contributed by atoms with Crippen molar-refractivity contribution in [2.75, 3.05) is 0 Å². The molecule has 0 amide bonds. The van der Waals surface area contributed by atoms with Gasteiger partial charge in [-0.15, -0.1) is 0 Å². The Balaban J connectivity index is 1.82. The van der Waals surface area contributed by atoms with Crippen LogP contribution in [0.4, 0.5) is 0 Å². The summed E-state index contributed by atoms with van der Waals surface area (Å²) in [5.74, 6) is 0. The average Bonchev–Trinajstić information content (AvgIpc) is 2.63. The van der Waals surface area contributed by atoms with E-state index in [1.807, 2.05) is 12.1 Å². The summed E-state index contributed by atoms with van der Waals surface area (Å²) < 4.78 is 0.995. The van der Waals surface area contributed by atoms with Crippen molar-refractivity contribution in [1.29, 1.82) is 0 Å². The van der Waals surface area contributed by atoms with Crippen LogP contribution >= 0.6 is 0 Å². The quantitative estimate of drug-likeness (QED) is 0.766. The minimum absolute atomic E-state index is 0.693. The van der Waals surface area contributed by atoms with Crippen molar-refractivity contribution < 1.29 is 5.11 Å². The van der Waals surface area contributed by atoms with E-state index >= 15 is 0 Å². The monoisotopic (exact) mass is 387 g/mol. The fourth-order valence-corrected chi connectivity index (χ4v) is 4.15. The maximum absolute atomic E-state index is 11.2. The van der Waals surface area contributed by atoms with Crippen LogP contribution in [0.3, 0.4) is 0 Å². The van der Waals surface area contributed by atoms with E-state index < -0.39 is 5.60 Å². The Hall–Kier alpha value is -1.41. The first-order valence-electron chi connectivity index (χ1n) is 8.77. The van der Waals surface area contributed by atoms with Gasteiger partial charge in [-0.05, 0) is 0 Å². The van der Waals surface area contributed by atoms with Gasteiger partial charge in [-0.2, -0.15) is 0 Å². The molecule has 1 N–H and O–H groups in total. The summed E-state index contributed by atoms with van der Waals surface area (Å²) in [5, 5.41) is 11.2. The van der Waals surface area contributed by atoms with Gasteiger partial charge >= 0.3 is 153 Å². The van der Waals surface area contributed by atoms with Crippen LogP contribution in [0, 0.1) is 0 Å². The van der Waals surface area contributed by atoms with Gasteiger partial charge in [0.2, 0.25) is 0 Å². The van der Waals surface area contributed by atoms with Gasteiger partial charge in [-0.25, -0.2) is 0 Å². The number of hydrogen-bond donors (Lipinski definition) is 1. The van der Waals surface area contributed by atoms with Crippen LogP contribution in [-0.2, 0) is 13.1 Å². The molecular formula is C21H25NOSe. The van der Waals surface area contributed by atoms with E-state index in [-0.39, 0.29) is 0 Å². The third kappa shape index (κ3) is 4.36. The van der Waals surface area contributed by atoms with Crippen molar-refractivity contribution in [1.82, 2.24) is 4.90 Å². The normalized spacial score (nSPS) is 16.5. The zero-order valence-corrected chi connectivity index (χ0v) is 15.7. The van der Waals surface area contributed by atoms with Crippen LogP contribution in [-0.4, -0.2) is 35.7 Å². The van der Waals surface area contributed by atoms with Crippen LogP contribution in [0.5, 0.6) is 0 Å². The molecular weight excluding hydrogens is 361 g/mol. The van der Waals surface area contributed by atoms with Gasteiger partial charge < -0.3 is 0 Å². The summed E-state index contributed by atoms with van der Waals surface area (Å²) in [5.41, 5.74) is 1.84. The predicted octanol–water partition coefficient (Wildman–Crippen LogP) is 3.68. The summed E-state index contributed by atoms with van der Waals surface area (Å²) in [4.78, 5) is 2.30. The van der Waals surface area contributed by atoms with E-state index in [0.29, 0.717) is 0 Å². The number of nitrogens with zero attached hydrogens (tertiary/aromatic N) is 1. The van der Waals surface area contributed by atoms with Crippen molar-refractivity contribution >= 4 is 20.1 Å². The van der Waals surface area contributed by atoms with E-state index in [9.17, 15) is 5.11 Å². The minimum atomic E-state index is -0.693. The van der Waals surface area contributed by atoms with Crippen LogP contribution in [0.25, 0.3) is 0 Å². The molecule has 1 aliphatic carbocycles. The fraction of sp³-hybridized carbons (Fsp3) is 0.381. The van der Waals surface area contributed by atoms with Crippen LogP contribution in [0.2, 0.25) is 0 Å². The SMILES string of the molecule is OC1(C(=[Se])N(Cc2ccccc2)Cc2ccccc2)CCCCC1. The molecule has 3 rings (SSSR count). The van der Waals surface area contributed by atoms with E-state index in [4.69, 9.17) is 0 Å². The number of hydrogen-bond acceptors (Lipinski definition) is 2. The summed E-state index contributed by atoms with van der Waals surface area (Å²) in [6, 6.07) is 21.0. The Kier molecular flexibility index (Phi) is 5.89. The maximum atomic E-state index is 11.2. The van der Waals surface area contributed by atoms with Gasteiger partial charge in [0, 0.05) is 0 Å². The number of rotatable bonds is 6. The third-order valence-corrected chi connectivity index (χ3v) is 6.14. The van der Waals surface area contributed by atoms with Crippen LogP contribution < -0.4 is 0 Å². The molecule has 0 bridgehead atoms. The fourth-order valence-electron chi connectivity index (χ4n) is 3.45. The Morgan fingerprint density at radius 1 is 0.833 bits per heavy atom. The van der Waals surface area contributed by atoms with Gasteiger partial charge in [0.05, 0.1) is 0 Å². The van der Waals surface area contributed by atoms with Crippen molar-refractivity contribution in [2.24, 2.45) is 0 Å². The molecule has 1 aliphatic rings. The number of benzene rings is 2. The van der Waals surface area contributed by atoms with Gasteiger partial charge in [0.1, 0.15) is 0 Å². The molecule has 0 atom stereocenters. The third-order valence-electron chi connectivity index (χ3n) is 4.80. The molecule has 0 unspecified atom stereocenters. The number of aliphatic hydroxyl groups is 1. The molecule has 3 heteroatoms. The van der Waals surface area contributed by atoms with Crippen LogP contribution in [0.1, 0.15) is 43.2 Å². The molecule has 0 aromatic heterocycles.